The van der Waals surface area contributed by atoms with E-state index in [1.54, 1.807) is 18.9 Å². The molecule has 1 aliphatic heterocycles. The van der Waals surface area contributed by atoms with Crippen molar-refractivity contribution in [1.82, 2.24) is 0 Å². The summed E-state index contributed by atoms with van der Waals surface area (Å²) in [4.78, 5) is 12.0. The van der Waals surface area contributed by atoms with Gasteiger partial charge in [-0.1, -0.05) is 6.07 Å². The summed E-state index contributed by atoms with van der Waals surface area (Å²) in [7, 11) is 1.64. The van der Waals surface area contributed by atoms with Crippen LogP contribution < -0.4 is 4.74 Å². The molecule has 1 aromatic carbocycles. The molecule has 3 nitrogen and oxygen atoms in total. The van der Waals surface area contributed by atoms with Crippen LogP contribution in [-0.4, -0.2) is 24.9 Å². The molecule has 4 heteroatoms. The molecule has 0 aromatic heterocycles. The predicted molar refractivity (Wildman–Crippen MR) is 58.2 cm³/mol. The standard InChI is InChI=1S/C11H12O3S/c1-13-8-3-2-4-9(5-8)15-10-6-11(12)14-7-10/h2-5,10H,6-7H2,1H3/t10-/m0/s1. The Hall–Kier alpha value is -1.16. The molecule has 1 heterocycles. The number of carbonyl (C=O) groups is 1. The molecule has 0 N–H and O–H groups in total. The van der Waals surface area contributed by atoms with Crippen molar-refractivity contribution in [2.24, 2.45) is 0 Å². The lowest BCUT2D eigenvalue weighted by Gasteiger charge is -2.07. The number of methoxy groups -OCH3 is 1. The fourth-order valence-electron chi connectivity index (χ4n) is 1.43. The van der Waals surface area contributed by atoms with Crippen molar-refractivity contribution in [3.8, 4) is 5.75 Å². The molecule has 2 rings (SSSR count). The van der Waals surface area contributed by atoms with E-state index in [2.05, 4.69) is 0 Å². The quantitative estimate of drug-likeness (QED) is 0.737. The number of benzene rings is 1. The van der Waals surface area contributed by atoms with Crippen LogP contribution in [0.4, 0.5) is 0 Å². The zero-order valence-corrected chi connectivity index (χ0v) is 9.25. The lowest BCUT2D eigenvalue weighted by molar-refractivity contribution is -0.137. The average Bonchev–Trinajstić information content (AvgIpc) is 2.64. The molecule has 0 unspecified atom stereocenters. The van der Waals surface area contributed by atoms with E-state index >= 15 is 0 Å². The van der Waals surface area contributed by atoms with Crippen molar-refractivity contribution in [3.63, 3.8) is 0 Å². The van der Waals surface area contributed by atoms with Crippen LogP contribution in [0.3, 0.4) is 0 Å². The first-order valence-corrected chi connectivity index (χ1v) is 5.62. The molecule has 1 atom stereocenters. The molecule has 15 heavy (non-hydrogen) atoms. The summed E-state index contributed by atoms with van der Waals surface area (Å²) in [5.74, 6) is 0.737. The highest BCUT2D eigenvalue weighted by Gasteiger charge is 2.24. The Balaban J connectivity index is 2.01. The minimum Gasteiger partial charge on any atom is -0.497 e. The maximum absolute atomic E-state index is 10.9. The highest BCUT2D eigenvalue weighted by Crippen LogP contribution is 2.30. The van der Waals surface area contributed by atoms with Crippen molar-refractivity contribution < 1.29 is 14.3 Å². The van der Waals surface area contributed by atoms with Gasteiger partial charge in [0.05, 0.1) is 18.8 Å². The second kappa shape index (κ2) is 4.57. The van der Waals surface area contributed by atoms with Crippen LogP contribution >= 0.6 is 11.8 Å². The van der Waals surface area contributed by atoms with Gasteiger partial charge in [-0.3, -0.25) is 4.79 Å². The Bertz CT molecular complexity index is 365. The number of ether oxygens (including phenoxy) is 2. The minimum absolute atomic E-state index is 0.101. The van der Waals surface area contributed by atoms with E-state index in [4.69, 9.17) is 9.47 Å². The zero-order valence-electron chi connectivity index (χ0n) is 8.43. The molecule has 0 bridgehead atoms. The van der Waals surface area contributed by atoms with Crippen LogP contribution in [-0.2, 0) is 9.53 Å². The lowest BCUT2D eigenvalue weighted by atomic mass is 10.3. The summed E-state index contributed by atoms with van der Waals surface area (Å²) in [6.45, 7) is 0.515. The summed E-state index contributed by atoms with van der Waals surface area (Å²) in [5, 5.41) is 0.240. The van der Waals surface area contributed by atoms with Crippen LogP contribution in [0.25, 0.3) is 0 Å². The van der Waals surface area contributed by atoms with Crippen LogP contribution in [0.2, 0.25) is 0 Å². The number of esters is 1. The zero-order chi connectivity index (χ0) is 10.7. The largest absolute Gasteiger partial charge is 0.497 e. The highest BCUT2D eigenvalue weighted by atomic mass is 32.2. The fraction of sp³-hybridized carbons (Fsp3) is 0.364. The van der Waals surface area contributed by atoms with Crippen molar-refractivity contribution in [2.75, 3.05) is 13.7 Å². The molecule has 0 spiro atoms. The third kappa shape index (κ3) is 2.65. The number of hydrogen-bond donors (Lipinski definition) is 0. The first kappa shape index (κ1) is 10.4. The van der Waals surface area contributed by atoms with Gasteiger partial charge in [0, 0.05) is 4.90 Å². The number of carbonyl (C=O) groups excluding carboxylic acids is 1. The third-order valence-corrected chi connectivity index (χ3v) is 3.33. The number of rotatable bonds is 3. The molecule has 1 fully saturated rings. The van der Waals surface area contributed by atoms with Crippen LogP contribution in [0.1, 0.15) is 6.42 Å². The monoisotopic (exact) mass is 224 g/mol. The van der Waals surface area contributed by atoms with Gasteiger partial charge in [0.15, 0.2) is 0 Å². The summed E-state index contributed by atoms with van der Waals surface area (Å²) in [6, 6.07) is 7.82. The van der Waals surface area contributed by atoms with Gasteiger partial charge < -0.3 is 9.47 Å². The normalized spacial score (nSPS) is 20.1. The van der Waals surface area contributed by atoms with Gasteiger partial charge in [-0.15, -0.1) is 11.8 Å². The van der Waals surface area contributed by atoms with E-state index in [1.807, 2.05) is 24.3 Å². The molecular formula is C11H12O3S. The van der Waals surface area contributed by atoms with Gasteiger partial charge >= 0.3 is 5.97 Å². The van der Waals surface area contributed by atoms with Crippen LogP contribution in [0, 0.1) is 0 Å². The molecule has 0 saturated carbocycles. The number of thioether (sulfide) groups is 1. The van der Waals surface area contributed by atoms with Crippen molar-refractivity contribution in [3.05, 3.63) is 24.3 Å². The molecule has 0 radical (unpaired) electrons. The Kier molecular flexibility index (Phi) is 3.16. The van der Waals surface area contributed by atoms with Gasteiger partial charge in [-0.25, -0.2) is 0 Å². The first-order valence-electron chi connectivity index (χ1n) is 4.74. The second-order valence-electron chi connectivity index (χ2n) is 3.31. The van der Waals surface area contributed by atoms with Crippen LogP contribution in [0.5, 0.6) is 5.75 Å². The number of cyclic esters (lactones) is 1. The Labute approximate surface area is 92.8 Å². The molecule has 0 aliphatic carbocycles. The summed E-state index contributed by atoms with van der Waals surface area (Å²) in [5.41, 5.74) is 0. The lowest BCUT2D eigenvalue weighted by Crippen LogP contribution is -2.00. The minimum atomic E-state index is -0.101. The van der Waals surface area contributed by atoms with E-state index in [9.17, 15) is 4.79 Å². The van der Waals surface area contributed by atoms with Gasteiger partial charge in [0.25, 0.3) is 0 Å². The van der Waals surface area contributed by atoms with Crippen molar-refractivity contribution >= 4 is 17.7 Å². The number of hydrogen-bond acceptors (Lipinski definition) is 4. The van der Waals surface area contributed by atoms with Gasteiger partial charge in [0.2, 0.25) is 0 Å². The Morgan fingerprint density at radius 2 is 2.40 bits per heavy atom. The maximum atomic E-state index is 10.9. The van der Waals surface area contributed by atoms with Gasteiger partial charge in [-0.2, -0.15) is 0 Å². The SMILES string of the molecule is COc1cccc(S[C@@H]2COC(=O)C2)c1. The van der Waals surface area contributed by atoms with E-state index in [-0.39, 0.29) is 11.2 Å². The van der Waals surface area contributed by atoms with Crippen molar-refractivity contribution in [1.29, 1.82) is 0 Å². The summed E-state index contributed by atoms with van der Waals surface area (Å²) >= 11 is 1.66. The topological polar surface area (TPSA) is 35.5 Å². The Morgan fingerprint density at radius 1 is 1.53 bits per heavy atom. The first-order chi connectivity index (χ1) is 7.28. The van der Waals surface area contributed by atoms with Crippen molar-refractivity contribution in [2.45, 2.75) is 16.6 Å². The van der Waals surface area contributed by atoms with E-state index in [1.165, 1.54) is 0 Å². The molecule has 1 aromatic rings. The predicted octanol–water partition coefficient (Wildman–Crippen LogP) is 2.10. The van der Waals surface area contributed by atoms with Crippen LogP contribution in [0.15, 0.2) is 29.2 Å². The summed E-state index contributed by atoms with van der Waals surface area (Å²) in [6.07, 6.45) is 0.502. The molecular weight excluding hydrogens is 212 g/mol. The molecule has 0 amide bonds. The smallest absolute Gasteiger partial charge is 0.307 e. The third-order valence-electron chi connectivity index (χ3n) is 2.17. The van der Waals surface area contributed by atoms with E-state index in [0.717, 1.165) is 10.6 Å². The molecule has 80 valence electrons. The van der Waals surface area contributed by atoms with E-state index in [0.29, 0.717) is 13.0 Å². The summed E-state index contributed by atoms with van der Waals surface area (Å²) < 4.78 is 10.0. The second-order valence-corrected chi connectivity index (χ2v) is 4.68. The van der Waals surface area contributed by atoms with Gasteiger partial charge in [-0.05, 0) is 18.2 Å². The fourth-order valence-corrected chi connectivity index (χ4v) is 2.51. The Morgan fingerprint density at radius 3 is 3.07 bits per heavy atom. The van der Waals surface area contributed by atoms with Gasteiger partial charge in [0.1, 0.15) is 12.4 Å². The molecule has 1 aliphatic rings. The highest BCUT2D eigenvalue weighted by molar-refractivity contribution is 8.00. The maximum Gasteiger partial charge on any atom is 0.307 e. The average molecular weight is 224 g/mol. The van der Waals surface area contributed by atoms with E-state index < -0.39 is 0 Å². The molecule has 1 saturated heterocycles.